The number of nitrogens with zero attached hydrogens (tertiary/aromatic N) is 4. The summed E-state index contributed by atoms with van der Waals surface area (Å²) in [6.07, 6.45) is 1.50. The minimum absolute atomic E-state index is 0.00599. The first-order valence-corrected chi connectivity index (χ1v) is 6.38. The fraction of sp³-hybridized carbons (Fsp3) is 0.500. The first kappa shape index (κ1) is 11.8. The second-order valence-corrected chi connectivity index (χ2v) is 5.04. The summed E-state index contributed by atoms with van der Waals surface area (Å²) in [5.41, 5.74) is 0. The minimum Gasteiger partial charge on any atom is -0.351 e. The zero-order valence-corrected chi connectivity index (χ0v) is 10.9. The third-order valence-electron chi connectivity index (χ3n) is 3.23. The molecule has 0 aromatic carbocycles. The summed E-state index contributed by atoms with van der Waals surface area (Å²) in [5.74, 6) is 0.635. The van der Waals surface area contributed by atoms with Crippen LogP contribution in [0.1, 0.15) is 0 Å². The largest absolute Gasteiger partial charge is 0.351 e. The zero-order chi connectivity index (χ0) is 12.7. The summed E-state index contributed by atoms with van der Waals surface area (Å²) in [7, 11) is 0. The fourth-order valence-electron chi connectivity index (χ4n) is 2.36. The van der Waals surface area contributed by atoms with Crippen molar-refractivity contribution < 1.29 is 4.79 Å². The standard InChI is InChI=1S/C10H11Cl2N5O/c11-7-4-13-9(12)15-8(7)16-1-2-17-6(5-16)3-14-10(17)18/h4,6H,1-3,5H2,(H,14,18). The molecule has 1 N–H and O–H groups in total. The van der Waals surface area contributed by atoms with Crippen LogP contribution in [0.3, 0.4) is 0 Å². The average Bonchev–Trinajstić information content (AvgIpc) is 2.74. The quantitative estimate of drug-likeness (QED) is 0.783. The van der Waals surface area contributed by atoms with Crippen molar-refractivity contribution in [1.29, 1.82) is 0 Å². The van der Waals surface area contributed by atoms with Gasteiger partial charge in [-0.2, -0.15) is 4.98 Å². The second-order valence-electron chi connectivity index (χ2n) is 4.29. The number of amides is 2. The number of hydrogen-bond donors (Lipinski definition) is 1. The van der Waals surface area contributed by atoms with Gasteiger partial charge in [0.1, 0.15) is 5.02 Å². The van der Waals surface area contributed by atoms with Crippen LogP contribution >= 0.6 is 23.2 Å². The Kier molecular flexibility index (Phi) is 2.91. The number of halogens is 2. The minimum atomic E-state index is 0.00599. The average molecular weight is 288 g/mol. The second kappa shape index (κ2) is 4.44. The highest BCUT2D eigenvalue weighted by atomic mass is 35.5. The Labute approximate surface area is 114 Å². The molecule has 0 radical (unpaired) electrons. The molecule has 2 amide bonds. The fourth-order valence-corrected chi connectivity index (χ4v) is 2.69. The van der Waals surface area contributed by atoms with Gasteiger partial charge in [0.25, 0.3) is 0 Å². The van der Waals surface area contributed by atoms with Gasteiger partial charge in [0.2, 0.25) is 5.28 Å². The number of nitrogens with one attached hydrogen (secondary N) is 1. The van der Waals surface area contributed by atoms with Crippen LogP contribution in [-0.4, -0.2) is 53.1 Å². The molecule has 0 aliphatic carbocycles. The van der Waals surface area contributed by atoms with Crippen molar-refractivity contribution in [3.05, 3.63) is 16.5 Å². The molecule has 8 heteroatoms. The van der Waals surface area contributed by atoms with E-state index in [4.69, 9.17) is 23.2 Å². The van der Waals surface area contributed by atoms with E-state index in [0.29, 0.717) is 37.0 Å². The van der Waals surface area contributed by atoms with Crippen molar-refractivity contribution in [1.82, 2.24) is 20.2 Å². The molecule has 0 saturated carbocycles. The van der Waals surface area contributed by atoms with Crippen LogP contribution in [0.25, 0.3) is 0 Å². The summed E-state index contributed by atoms with van der Waals surface area (Å²) in [6.45, 7) is 2.71. The highest BCUT2D eigenvalue weighted by Crippen LogP contribution is 2.26. The van der Waals surface area contributed by atoms with E-state index >= 15 is 0 Å². The van der Waals surface area contributed by atoms with E-state index in [0.717, 1.165) is 0 Å². The van der Waals surface area contributed by atoms with Crippen molar-refractivity contribution in [2.45, 2.75) is 6.04 Å². The maximum Gasteiger partial charge on any atom is 0.317 e. The van der Waals surface area contributed by atoms with Gasteiger partial charge in [-0.05, 0) is 11.6 Å². The first-order chi connectivity index (χ1) is 8.65. The van der Waals surface area contributed by atoms with Gasteiger partial charge in [-0.25, -0.2) is 9.78 Å². The number of aromatic nitrogens is 2. The summed E-state index contributed by atoms with van der Waals surface area (Å²) in [6, 6.07) is 0.169. The Morgan fingerprint density at radius 3 is 3.06 bits per heavy atom. The molecule has 96 valence electrons. The van der Waals surface area contributed by atoms with Crippen LogP contribution in [0, 0.1) is 0 Å². The predicted octanol–water partition coefficient (Wildman–Crippen LogP) is 0.997. The molecule has 1 aromatic heterocycles. The van der Waals surface area contributed by atoms with Gasteiger partial charge in [0.05, 0.1) is 12.2 Å². The van der Waals surface area contributed by atoms with Crippen molar-refractivity contribution in [2.75, 3.05) is 31.1 Å². The Morgan fingerprint density at radius 2 is 2.22 bits per heavy atom. The van der Waals surface area contributed by atoms with Gasteiger partial charge in [-0.1, -0.05) is 11.6 Å². The van der Waals surface area contributed by atoms with E-state index in [2.05, 4.69) is 15.3 Å². The first-order valence-electron chi connectivity index (χ1n) is 5.62. The molecule has 1 unspecified atom stereocenters. The van der Waals surface area contributed by atoms with Crippen LogP contribution in [0.15, 0.2) is 6.20 Å². The number of hydrogen-bond acceptors (Lipinski definition) is 4. The van der Waals surface area contributed by atoms with Crippen molar-refractivity contribution in [3.63, 3.8) is 0 Å². The molecule has 1 aromatic rings. The van der Waals surface area contributed by atoms with Gasteiger partial charge in [-0.15, -0.1) is 0 Å². The van der Waals surface area contributed by atoms with Crippen molar-refractivity contribution in [3.8, 4) is 0 Å². The Hall–Kier alpha value is -1.27. The third-order valence-corrected chi connectivity index (χ3v) is 3.68. The van der Waals surface area contributed by atoms with Gasteiger partial charge in [-0.3, -0.25) is 0 Å². The highest BCUT2D eigenvalue weighted by molar-refractivity contribution is 6.33. The molecule has 1 atom stereocenters. The van der Waals surface area contributed by atoms with Crippen molar-refractivity contribution in [2.24, 2.45) is 0 Å². The van der Waals surface area contributed by atoms with E-state index in [1.807, 2.05) is 9.80 Å². The Morgan fingerprint density at radius 1 is 1.39 bits per heavy atom. The van der Waals surface area contributed by atoms with Crippen LogP contribution in [0.5, 0.6) is 0 Å². The lowest BCUT2D eigenvalue weighted by molar-refractivity contribution is 0.197. The molecule has 3 heterocycles. The normalized spacial score (nSPS) is 23.0. The molecule has 2 aliphatic heterocycles. The number of fused-ring (bicyclic) bond motifs is 1. The smallest absolute Gasteiger partial charge is 0.317 e. The summed E-state index contributed by atoms with van der Waals surface area (Å²) < 4.78 is 0. The number of anilines is 1. The molecule has 2 saturated heterocycles. The lowest BCUT2D eigenvalue weighted by Gasteiger charge is -2.37. The van der Waals surface area contributed by atoms with E-state index in [1.54, 1.807) is 0 Å². The van der Waals surface area contributed by atoms with E-state index in [-0.39, 0.29) is 17.4 Å². The van der Waals surface area contributed by atoms with Crippen LogP contribution < -0.4 is 10.2 Å². The maximum atomic E-state index is 11.5. The molecule has 2 fully saturated rings. The lowest BCUT2D eigenvalue weighted by atomic mass is 10.2. The summed E-state index contributed by atoms with van der Waals surface area (Å²) in [5, 5.41) is 3.48. The maximum absolute atomic E-state index is 11.5. The predicted molar refractivity (Wildman–Crippen MR) is 68.2 cm³/mol. The number of piperazine rings is 1. The van der Waals surface area contributed by atoms with Gasteiger partial charge in [0, 0.05) is 26.2 Å². The highest BCUT2D eigenvalue weighted by Gasteiger charge is 2.36. The van der Waals surface area contributed by atoms with Crippen LogP contribution in [0.4, 0.5) is 10.6 Å². The third kappa shape index (κ3) is 1.95. The van der Waals surface area contributed by atoms with Gasteiger partial charge in [0.15, 0.2) is 5.82 Å². The summed E-state index contributed by atoms with van der Waals surface area (Å²) in [4.78, 5) is 23.4. The van der Waals surface area contributed by atoms with E-state index < -0.39 is 0 Å². The molecule has 18 heavy (non-hydrogen) atoms. The molecule has 0 spiro atoms. The molecular formula is C10H11Cl2N5O. The topological polar surface area (TPSA) is 61.4 Å². The Balaban J connectivity index is 1.82. The molecule has 2 aliphatic rings. The molecule has 6 nitrogen and oxygen atoms in total. The SMILES string of the molecule is O=C1NCC2CN(c3nc(Cl)ncc3Cl)CCN12. The van der Waals surface area contributed by atoms with Gasteiger partial charge >= 0.3 is 6.03 Å². The van der Waals surface area contributed by atoms with Crippen LogP contribution in [-0.2, 0) is 0 Å². The monoisotopic (exact) mass is 287 g/mol. The molecule has 3 rings (SSSR count). The lowest BCUT2D eigenvalue weighted by Crippen LogP contribution is -2.52. The van der Waals surface area contributed by atoms with Crippen molar-refractivity contribution >= 4 is 35.1 Å². The van der Waals surface area contributed by atoms with E-state index in [9.17, 15) is 4.79 Å². The number of urea groups is 1. The van der Waals surface area contributed by atoms with Crippen LogP contribution in [0.2, 0.25) is 10.3 Å². The number of carbonyl (C=O) groups excluding carboxylic acids is 1. The summed E-state index contributed by atoms with van der Waals surface area (Å²) >= 11 is 11.9. The zero-order valence-electron chi connectivity index (χ0n) is 9.44. The van der Waals surface area contributed by atoms with E-state index in [1.165, 1.54) is 6.20 Å². The number of rotatable bonds is 1. The van der Waals surface area contributed by atoms with Gasteiger partial charge < -0.3 is 15.1 Å². The number of carbonyl (C=O) groups is 1. The molecular weight excluding hydrogens is 277 g/mol. The Bertz CT molecular complexity index is 497. The molecule has 0 bridgehead atoms.